The molecule has 0 heterocycles. The second-order valence-corrected chi connectivity index (χ2v) is 17.1. The van der Waals surface area contributed by atoms with Gasteiger partial charge in [-0.2, -0.15) is 0 Å². The Labute approximate surface area is 354 Å². The molecule has 0 aromatic carbocycles. The predicted molar refractivity (Wildman–Crippen MR) is 247 cm³/mol. The Kier molecular flexibility index (Phi) is 44.4. The van der Waals surface area contributed by atoms with Crippen LogP contribution in [-0.2, 0) is 4.79 Å². The number of carbonyl (C=O) groups excluding carboxylic acids is 1. The van der Waals surface area contributed by atoms with Gasteiger partial charge in [-0.05, 0) is 77.0 Å². The zero-order chi connectivity index (χ0) is 41.7. The largest absolute Gasteiger partial charge is 0.394 e. The molecule has 1 amide bonds. The number of hydrogen-bond acceptors (Lipinski definition) is 5. The van der Waals surface area contributed by atoms with Gasteiger partial charge in [-0.25, -0.2) is 0 Å². The zero-order valence-electron chi connectivity index (χ0n) is 37.8. The van der Waals surface area contributed by atoms with E-state index in [9.17, 15) is 25.2 Å². The van der Waals surface area contributed by atoms with E-state index in [0.29, 0.717) is 19.3 Å². The molecule has 4 unspecified atom stereocenters. The Morgan fingerprint density at radius 1 is 0.421 bits per heavy atom. The summed E-state index contributed by atoms with van der Waals surface area (Å²) in [4.78, 5) is 12.5. The van der Waals surface area contributed by atoms with Crippen molar-refractivity contribution in [2.45, 2.75) is 276 Å². The van der Waals surface area contributed by atoms with Gasteiger partial charge in [0.25, 0.3) is 0 Å². The van der Waals surface area contributed by atoms with E-state index < -0.39 is 36.9 Å². The van der Waals surface area contributed by atoms with Crippen LogP contribution in [-0.4, -0.2) is 57.3 Å². The standard InChI is InChI=1S/C51H97NO5/c1-3-5-7-9-11-13-15-16-17-18-19-20-21-22-23-24-25-26-27-28-29-30-31-32-33-35-36-38-40-42-44-48(54)50(56)47(46-53)52-51(57)49(55)45-43-41-39-37-34-14-12-10-8-6-4-2/h12,14,31-32,36,38,47-50,53-56H,3-11,13,15-30,33-35,37,39-46H2,1-2H3,(H,52,57)/b14-12-,32-31+,38-36+. The fourth-order valence-electron chi connectivity index (χ4n) is 7.59. The van der Waals surface area contributed by atoms with Crippen molar-refractivity contribution < 1.29 is 25.2 Å². The zero-order valence-corrected chi connectivity index (χ0v) is 37.8. The van der Waals surface area contributed by atoms with Crippen molar-refractivity contribution in [2.75, 3.05) is 6.61 Å². The number of amides is 1. The summed E-state index contributed by atoms with van der Waals surface area (Å²) in [5.74, 6) is -0.608. The third-order valence-electron chi connectivity index (χ3n) is 11.6. The van der Waals surface area contributed by atoms with Crippen molar-refractivity contribution in [2.24, 2.45) is 0 Å². The van der Waals surface area contributed by atoms with Gasteiger partial charge in [0, 0.05) is 0 Å². The number of unbranched alkanes of at least 4 members (excludes halogenated alkanes) is 30. The predicted octanol–water partition coefficient (Wildman–Crippen LogP) is 13.7. The van der Waals surface area contributed by atoms with Crippen LogP contribution in [0, 0.1) is 0 Å². The smallest absolute Gasteiger partial charge is 0.249 e. The van der Waals surface area contributed by atoms with Crippen molar-refractivity contribution >= 4 is 5.91 Å². The number of aliphatic hydroxyl groups excluding tert-OH is 4. The molecule has 57 heavy (non-hydrogen) atoms. The maximum atomic E-state index is 12.5. The third kappa shape index (κ3) is 39.7. The lowest BCUT2D eigenvalue weighted by molar-refractivity contribution is -0.132. The molecule has 5 N–H and O–H groups in total. The highest BCUT2D eigenvalue weighted by Gasteiger charge is 2.28. The molecule has 0 aliphatic rings. The van der Waals surface area contributed by atoms with Crippen LogP contribution < -0.4 is 5.32 Å². The second-order valence-electron chi connectivity index (χ2n) is 17.1. The molecule has 4 atom stereocenters. The van der Waals surface area contributed by atoms with E-state index >= 15 is 0 Å². The number of allylic oxidation sites excluding steroid dienone is 6. The summed E-state index contributed by atoms with van der Waals surface area (Å²) in [5, 5.41) is 43.6. The lowest BCUT2D eigenvalue weighted by atomic mass is 10.00. The van der Waals surface area contributed by atoms with Crippen LogP contribution in [0.4, 0.5) is 0 Å². The van der Waals surface area contributed by atoms with Crippen LogP contribution >= 0.6 is 0 Å². The first-order valence-electron chi connectivity index (χ1n) is 24.9. The average molecular weight is 804 g/mol. The van der Waals surface area contributed by atoms with Gasteiger partial charge in [-0.15, -0.1) is 0 Å². The highest BCUT2D eigenvalue weighted by Crippen LogP contribution is 2.16. The number of aliphatic hydroxyl groups is 4. The molecule has 0 aliphatic heterocycles. The lowest BCUT2D eigenvalue weighted by Gasteiger charge is -2.27. The molecule has 0 saturated carbocycles. The van der Waals surface area contributed by atoms with Gasteiger partial charge in [-0.3, -0.25) is 4.79 Å². The molecule has 6 nitrogen and oxygen atoms in total. The molecule has 0 aliphatic carbocycles. The van der Waals surface area contributed by atoms with Gasteiger partial charge in [0.15, 0.2) is 0 Å². The van der Waals surface area contributed by atoms with Crippen LogP contribution in [0.1, 0.15) is 251 Å². The summed E-state index contributed by atoms with van der Waals surface area (Å²) in [6.07, 6.45) is 55.0. The Hall–Kier alpha value is -1.47. The molecule has 0 radical (unpaired) electrons. The summed E-state index contributed by atoms with van der Waals surface area (Å²) in [6, 6.07) is -1.01. The van der Waals surface area contributed by atoms with Crippen molar-refractivity contribution in [3.63, 3.8) is 0 Å². The Bertz CT molecular complexity index is 904. The maximum Gasteiger partial charge on any atom is 0.249 e. The normalized spacial score (nSPS) is 14.3. The van der Waals surface area contributed by atoms with E-state index in [-0.39, 0.29) is 0 Å². The summed E-state index contributed by atoms with van der Waals surface area (Å²) >= 11 is 0. The molecule has 0 saturated heterocycles. The minimum Gasteiger partial charge on any atom is -0.394 e. The average Bonchev–Trinajstić information content (AvgIpc) is 3.22. The number of rotatable bonds is 45. The third-order valence-corrected chi connectivity index (χ3v) is 11.6. The summed E-state index contributed by atoms with van der Waals surface area (Å²) in [6.45, 7) is 4.00. The quantitative estimate of drug-likeness (QED) is 0.0311. The van der Waals surface area contributed by atoms with Crippen LogP contribution in [0.25, 0.3) is 0 Å². The highest BCUT2D eigenvalue weighted by atomic mass is 16.3. The van der Waals surface area contributed by atoms with Crippen molar-refractivity contribution in [3.8, 4) is 0 Å². The summed E-state index contributed by atoms with van der Waals surface area (Å²) in [5.41, 5.74) is 0. The van der Waals surface area contributed by atoms with Crippen molar-refractivity contribution in [1.29, 1.82) is 0 Å². The maximum absolute atomic E-state index is 12.5. The van der Waals surface area contributed by atoms with Crippen LogP contribution in [0.15, 0.2) is 36.5 Å². The van der Waals surface area contributed by atoms with Crippen LogP contribution in [0.2, 0.25) is 0 Å². The fraction of sp³-hybridized carbons (Fsp3) is 0.863. The molecule has 6 heteroatoms. The minimum atomic E-state index is -1.29. The van der Waals surface area contributed by atoms with Crippen LogP contribution in [0.3, 0.4) is 0 Å². The van der Waals surface area contributed by atoms with Crippen LogP contribution in [0.5, 0.6) is 0 Å². The Morgan fingerprint density at radius 2 is 0.737 bits per heavy atom. The molecule has 0 aromatic rings. The van der Waals surface area contributed by atoms with E-state index in [0.717, 1.165) is 57.8 Å². The summed E-state index contributed by atoms with van der Waals surface area (Å²) in [7, 11) is 0. The van der Waals surface area contributed by atoms with E-state index in [1.807, 2.05) is 0 Å². The molecule has 0 rings (SSSR count). The first kappa shape index (κ1) is 55.5. The second kappa shape index (κ2) is 45.6. The number of carbonyl (C=O) groups is 1. The van der Waals surface area contributed by atoms with Gasteiger partial charge >= 0.3 is 0 Å². The topological polar surface area (TPSA) is 110 Å². The lowest BCUT2D eigenvalue weighted by Crippen LogP contribution is -2.53. The molecule has 0 aromatic heterocycles. The SMILES string of the molecule is CCCCC/C=C\CCCCCCC(O)C(=O)NC(CO)C(O)C(O)CCC/C=C/CC/C=C/CCCCCCCCCCCCCCCCCCCCCCC. The van der Waals surface area contributed by atoms with Gasteiger partial charge in [-0.1, -0.05) is 211 Å². The molecule has 0 spiro atoms. The van der Waals surface area contributed by atoms with E-state index in [4.69, 9.17) is 0 Å². The first-order chi connectivity index (χ1) is 28.0. The van der Waals surface area contributed by atoms with Gasteiger partial charge in [0.1, 0.15) is 12.2 Å². The van der Waals surface area contributed by atoms with Gasteiger partial charge in [0.2, 0.25) is 5.91 Å². The van der Waals surface area contributed by atoms with E-state index in [2.05, 4.69) is 55.6 Å². The van der Waals surface area contributed by atoms with Gasteiger partial charge in [0.05, 0.1) is 18.8 Å². The number of nitrogens with one attached hydrogen (secondary N) is 1. The monoisotopic (exact) mass is 804 g/mol. The Morgan fingerprint density at radius 3 is 1.14 bits per heavy atom. The summed E-state index contributed by atoms with van der Waals surface area (Å²) < 4.78 is 0. The first-order valence-corrected chi connectivity index (χ1v) is 24.9. The molecule has 0 bridgehead atoms. The fourth-order valence-corrected chi connectivity index (χ4v) is 7.59. The molecule has 0 fully saturated rings. The van der Waals surface area contributed by atoms with Crippen molar-refractivity contribution in [1.82, 2.24) is 5.32 Å². The Balaban J connectivity index is 3.66. The number of hydrogen-bond donors (Lipinski definition) is 5. The van der Waals surface area contributed by atoms with Crippen molar-refractivity contribution in [3.05, 3.63) is 36.5 Å². The molecular weight excluding hydrogens is 707 g/mol. The highest BCUT2D eigenvalue weighted by molar-refractivity contribution is 5.80. The molecular formula is C51H97NO5. The van der Waals surface area contributed by atoms with E-state index in [1.54, 1.807) is 0 Å². The minimum absolute atomic E-state index is 0.345. The molecule has 336 valence electrons. The van der Waals surface area contributed by atoms with Gasteiger partial charge < -0.3 is 25.7 Å². The van der Waals surface area contributed by atoms with E-state index in [1.165, 1.54) is 161 Å².